The zero-order chi connectivity index (χ0) is 21.7. The fourth-order valence-electron chi connectivity index (χ4n) is 2.90. The van der Waals surface area contributed by atoms with Gasteiger partial charge in [-0.1, -0.05) is 36.4 Å². The number of carbonyl (C=O) groups is 1. The number of esters is 1. The van der Waals surface area contributed by atoms with Gasteiger partial charge >= 0.3 is 16.2 Å². The maximum Gasteiger partial charge on any atom is 0.355 e. The quantitative estimate of drug-likeness (QED) is 0.509. The summed E-state index contributed by atoms with van der Waals surface area (Å²) in [5.41, 5.74) is 1.50. The SMILES string of the molecule is CCOC(=O)/C(=C/[C@@H](c1ccccc1)c1ccc2c(c1)OCO2)NS(=O)(=O)N(C)C. The number of carbonyl (C=O) groups excluding carboxylic acids is 1. The molecule has 9 heteroatoms. The molecule has 1 aliphatic heterocycles. The molecule has 1 aliphatic rings. The number of benzene rings is 2. The molecule has 0 spiro atoms. The number of allylic oxidation sites excluding steroid dienone is 1. The molecule has 0 aliphatic carbocycles. The molecule has 160 valence electrons. The van der Waals surface area contributed by atoms with E-state index in [4.69, 9.17) is 14.2 Å². The minimum atomic E-state index is -3.91. The normalized spacial score (nSPS) is 14.5. The predicted octanol–water partition coefficient (Wildman–Crippen LogP) is 2.39. The van der Waals surface area contributed by atoms with Gasteiger partial charge in [0.05, 0.1) is 6.61 Å². The summed E-state index contributed by atoms with van der Waals surface area (Å²) in [6.07, 6.45) is 1.55. The third kappa shape index (κ3) is 4.92. The summed E-state index contributed by atoms with van der Waals surface area (Å²) in [6, 6.07) is 14.9. The Bertz CT molecular complexity index is 1030. The van der Waals surface area contributed by atoms with Gasteiger partial charge < -0.3 is 14.2 Å². The van der Waals surface area contributed by atoms with Gasteiger partial charge in [-0.3, -0.25) is 4.72 Å². The molecule has 1 N–H and O–H groups in total. The van der Waals surface area contributed by atoms with Crippen LogP contribution in [0.25, 0.3) is 0 Å². The Balaban J connectivity index is 2.10. The second kappa shape index (κ2) is 9.19. The lowest BCUT2D eigenvalue weighted by Crippen LogP contribution is -2.37. The summed E-state index contributed by atoms with van der Waals surface area (Å²) in [4.78, 5) is 12.5. The van der Waals surface area contributed by atoms with Gasteiger partial charge in [-0.15, -0.1) is 0 Å². The molecule has 2 aromatic rings. The van der Waals surface area contributed by atoms with Crippen LogP contribution < -0.4 is 14.2 Å². The third-order valence-electron chi connectivity index (χ3n) is 4.46. The summed E-state index contributed by atoms with van der Waals surface area (Å²) < 4.78 is 44.0. The van der Waals surface area contributed by atoms with Crippen LogP contribution in [0, 0.1) is 0 Å². The van der Waals surface area contributed by atoms with Crippen molar-refractivity contribution in [2.45, 2.75) is 12.8 Å². The van der Waals surface area contributed by atoms with Crippen LogP contribution in [-0.2, 0) is 19.7 Å². The van der Waals surface area contributed by atoms with E-state index in [-0.39, 0.29) is 19.1 Å². The molecule has 1 atom stereocenters. The molecule has 0 fully saturated rings. The van der Waals surface area contributed by atoms with Crippen LogP contribution in [0.2, 0.25) is 0 Å². The topological polar surface area (TPSA) is 94.2 Å². The van der Waals surface area contributed by atoms with Gasteiger partial charge in [-0.05, 0) is 36.3 Å². The molecule has 0 saturated carbocycles. The largest absolute Gasteiger partial charge is 0.461 e. The van der Waals surface area contributed by atoms with Crippen molar-refractivity contribution in [2.24, 2.45) is 0 Å². The molecular weight excluding hydrogens is 408 g/mol. The Morgan fingerprint density at radius 2 is 1.83 bits per heavy atom. The highest BCUT2D eigenvalue weighted by Crippen LogP contribution is 2.37. The Hall–Kier alpha value is -3.04. The van der Waals surface area contributed by atoms with E-state index in [9.17, 15) is 13.2 Å². The molecule has 0 saturated heterocycles. The first-order chi connectivity index (χ1) is 14.3. The second-order valence-corrected chi connectivity index (χ2v) is 8.58. The number of hydrogen-bond donors (Lipinski definition) is 1. The monoisotopic (exact) mass is 432 g/mol. The molecule has 0 amide bonds. The van der Waals surface area contributed by atoms with Crippen LogP contribution in [0.15, 0.2) is 60.3 Å². The van der Waals surface area contributed by atoms with Gasteiger partial charge in [-0.2, -0.15) is 12.7 Å². The molecule has 0 aromatic heterocycles. The van der Waals surface area contributed by atoms with Gasteiger partial charge in [-0.25, -0.2) is 4.79 Å². The maximum absolute atomic E-state index is 12.5. The highest BCUT2D eigenvalue weighted by Gasteiger charge is 2.24. The molecule has 8 nitrogen and oxygen atoms in total. The smallest absolute Gasteiger partial charge is 0.355 e. The molecule has 0 radical (unpaired) electrons. The zero-order valence-electron chi connectivity index (χ0n) is 17.0. The van der Waals surface area contributed by atoms with E-state index >= 15 is 0 Å². The van der Waals surface area contributed by atoms with E-state index in [1.54, 1.807) is 19.1 Å². The molecule has 2 aromatic carbocycles. The van der Waals surface area contributed by atoms with Crippen LogP contribution in [0.4, 0.5) is 0 Å². The Kier molecular flexibility index (Phi) is 6.63. The number of nitrogens with one attached hydrogen (secondary N) is 1. The Morgan fingerprint density at radius 1 is 1.13 bits per heavy atom. The Labute approximate surface area is 176 Å². The predicted molar refractivity (Wildman–Crippen MR) is 111 cm³/mol. The van der Waals surface area contributed by atoms with Crippen molar-refractivity contribution < 1.29 is 27.4 Å². The third-order valence-corrected chi connectivity index (χ3v) is 5.90. The number of nitrogens with zero attached hydrogens (tertiary/aromatic N) is 1. The Morgan fingerprint density at radius 3 is 2.50 bits per heavy atom. The minimum Gasteiger partial charge on any atom is -0.461 e. The van der Waals surface area contributed by atoms with Crippen LogP contribution in [0.1, 0.15) is 24.0 Å². The van der Waals surface area contributed by atoms with Gasteiger partial charge in [0.1, 0.15) is 5.70 Å². The van der Waals surface area contributed by atoms with Crippen LogP contribution in [0.3, 0.4) is 0 Å². The zero-order valence-corrected chi connectivity index (χ0v) is 17.8. The van der Waals surface area contributed by atoms with E-state index in [1.165, 1.54) is 14.1 Å². The first kappa shape index (κ1) is 21.7. The van der Waals surface area contributed by atoms with Gasteiger partial charge in [0.25, 0.3) is 0 Å². The highest BCUT2D eigenvalue weighted by atomic mass is 32.2. The fourth-order valence-corrected chi connectivity index (χ4v) is 3.51. The van der Waals surface area contributed by atoms with Crippen molar-refractivity contribution >= 4 is 16.2 Å². The van der Waals surface area contributed by atoms with Crippen LogP contribution in [0.5, 0.6) is 11.5 Å². The van der Waals surface area contributed by atoms with Gasteiger partial charge in [0.15, 0.2) is 11.5 Å². The van der Waals surface area contributed by atoms with Crippen molar-refractivity contribution in [3.63, 3.8) is 0 Å². The lowest BCUT2D eigenvalue weighted by molar-refractivity contribution is -0.138. The van der Waals surface area contributed by atoms with Crippen molar-refractivity contribution in [3.05, 3.63) is 71.4 Å². The molecule has 30 heavy (non-hydrogen) atoms. The first-order valence-electron chi connectivity index (χ1n) is 9.35. The minimum absolute atomic E-state index is 0.111. The second-order valence-electron chi connectivity index (χ2n) is 6.69. The number of hydrogen-bond acceptors (Lipinski definition) is 6. The fraction of sp³-hybridized carbons (Fsp3) is 0.286. The van der Waals surface area contributed by atoms with Crippen molar-refractivity contribution in [1.82, 2.24) is 9.03 Å². The van der Waals surface area contributed by atoms with Crippen molar-refractivity contribution in [3.8, 4) is 11.5 Å². The molecule has 1 heterocycles. The average molecular weight is 432 g/mol. The van der Waals surface area contributed by atoms with E-state index in [0.717, 1.165) is 15.4 Å². The summed E-state index contributed by atoms with van der Waals surface area (Å²) in [5, 5.41) is 0. The molecule has 3 rings (SSSR count). The van der Waals surface area contributed by atoms with Crippen molar-refractivity contribution in [2.75, 3.05) is 27.5 Å². The number of rotatable bonds is 8. The summed E-state index contributed by atoms with van der Waals surface area (Å²) in [5.74, 6) is 0.0245. The number of fused-ring (bicyclic) bond motifs is 1. The van der Waals surface area contributed by atoms with Crippen LogP contribution in [-0.4, -0.2) is 46.2 Å². The highest BCUT2D eigenvalue weighted by molar-refractivity contribution is 7.87. The van der Waals surface area contributed by atoms with Gasteiger partial charge in [0.2, 0.25) is 6.79 Å². The lowest BCUT2D eigenvalue weighted by Gasteiger charge is -2.19. The van der Waals surface area contributed by atoms with E-state index < -0.39 is 22.1 Å². The average Bonchev–Trinajstić information content (AvgIpc) is 3.19. The summed E-state index contributed by atoms with van der Waals surface area (Å²) >= 11 is 0. The molecule has 0 bridgehead atoms. The van der Waals surface area contributed by atoms with E-state index in [2.05, 4.69) is 4.72 Å². The standard InChI is InChI=1S/C21H24N2O6S/c1-4-27-21(24)18(22-30(25,26)23(2)3)13-17(15-8-6-5-7-9-15)16-10-11-19-20(12-16)29-14-28-19/h5-13,17,22H,4,14H2,1-3H3/b18-13-/t17-/m0/s1. The van der Waals surface area contributed by atoms with Gasteiger partial charge in [0, 0.05) is 20.0 Å². The maximum atomic E-state index is 12.5. The van der Waals surface area contributed by atoms with E-state index in [0.29, 0.717) is 11.5 Å². The lowest BCUT2D eigenvalue weighted by atomic mass is 9.90. The van der Waals surface area contributed by atoms with E-state index in [1.807, 2.05) is 42.5 Å². The first-order valence-corrected chi connectivity index (χ1v) is 10.8. The molecular formula is C21H24N2O6S. The van der Waals surface area contributed by atoms with Crippen LogP contribution >= 0.6 is 0 Å². The van der Waals surface area contributed by atoms with Crippen molar-refractivity contribution in [1.29, 1.82) is 0 Å². The molecule has 0 unspecified atom stereocenters. The summed E-state index contributed by atoms with van der Waals surface area (Å²) in [6.45, 7) is 1.91. The summed E-state index contributed by atoms with van der Waals surface area (Å²) in [7, 11) is -1.17. The number of ether oxygens (including phenoxy) is 3.